The first-order valence-corrected chi connectivity index (χ1v) is 17.6. The van der Waals surface area contributed by atoms with E-state index in [2.05, 4.69) is 15.6 Å². The van der Waals surface area contributed by atoms with Crippen LogP contribution >= 0.6 is 11.6 Å². The second kappa shape index (κ2) is 18.5. The van der Waals surface area contributed by atoms with Crippen molar-refractivity contribution in [2.75, 3.05) is 24.4 Å². The third-order valence-electron chi connectivity index (χ3n) is 9.05. The number of carbonyl (C=O) groups excluding carboxylic acids is 3. The number of primary amides is 1. The van der Waals surface area contributed by atoms with Crippen LogP contribution in [0.3, 0.4) is 0 Å². The molecule has 2 heterocycles. The molecule has 5 rings (SSSR count). The fraction of sp³-hybridized carbons (Fsp3) is 0.289. The molecule has 1 aliphatic rings. The average Bonchev–Trinajstić information content (AvgIpc) is 3.14. The Morgan fingerprint density at radius 1 is 0.862 bits per heavy atom. The standard InChI is InChI=1S/C38H36ClFN4O14/c1-17(45)55-16-32-21(13-34(48)49)20(12-33(46)47)22(14-35(50)51)37(58-32)57-31-9-18(3-5-26(31)40)43-38(53)44-27-6-4-19(10-25(27)39)56-29-7-8-42-28-15-30(54-2)24(36(41)52)11-23(28)29/h3-11,15,20-22,32,37H,12-14,16H2,1-2H3,(H2,41,52)(H,46,47)(H,48,49)(H,50,51)(H2,43,44,53)/t20-,21-,22+,32-,37+/m0/s1. The number of benzene rings is 3. The van der Waals surface area contributed by atoms with Gasteiger partial charge in [0.2, 0.25) is 6.29 Å². The Morgan fingerprint density at radius 2 is 1.55 bits per heavy atom. The van der Waals surface area contributed by atoms with Gasteiger partial charge in [0, 0.05) is 60.6 Å². The summed E-state index contributed by atoms with van der Waals surface area (Å²) in [5, 5.41) is 34.5. The van der Waals surface area contributed by atoms with E-state index in [-0.39, 0.29) is 33.5 Å². The summed E-state index contributed by atoms with van der Waals surface area (Å²) >= 11 is 6.47. The third kappa shape index (κ3) is 10.6. The van der Waals surface area contributed by atoms with Crippen LogP contribution in [-0.4, -0.2) is 82.2 Å². The van der Waals surface area contributed by atoms with Crippen LogP contribution in [0.4, 0.5) is 20.6 Å². The molecule has 0 radical (unpaired) electrons. The van der Waals surface area contributed by atoms with E-state index in [1.165, 1.54) is 49.7 Å². The Morgan fingerprint density at radius 3 is 2.19 bits per heavy atom. The number of carboxylic acids is 3. The quantitative estimate of drug-likeness (QED) is 0.0760. The Labute approximate surface area is 332 Å². The lowest BCUT2D eigenvalue weighted by molar-refractivity contribution is -0.237. The molecule has 3 amide bonds. The van der Waals surface area contributed by atoms with Crippen LogP contribution in [0, 0.1) is 23.6 Å². The number of aliphatic carboxylic acids is 3. The predicted octanol–water partition coefficient (Wildman–Crippen LogP) is 5.51. The van der Waals surface area contributed by atoms with Crippen molar-refractivity contribution in [3.8, 4) is 23.0 Å². The van der Waals surface area contributed by atoms with E-state index in [4.69, 9.17) is 41.0 Å². The van der Waals surface area contributed by atoms with Crippen LogP contribution in [0.5, 0.6) is 23.0 Å². The van der Waals surface area contributed by atoms with Gasteiger partial charge < -0.3 is 55.4 Å². The zero-order valence-electron chi connectivity index (χ0n) is 30.6. The molecule has 0 saturated carbocycles. The smallest absolute Gasteiger partial charge is 0.323 e. The van der Waals surface area contributed by atoms with Gasteiger partial charge in [-0.1, -0.05) is 11.6 Å². The highest BCUT2D eigenvalue weighted by molar-refractivity contribution is 6.34. The molecule has 3 aromatic carbocycles. The molecule has 7 N–H and O–H groups in total. The molecule has 0 unspecified atom stereocenters. The fourth-order valence-electron chi connectivity index (χ4n) is 6.55. The molecule has 5 atom stereocenters. The number of hydrogen-bond acceptors (Lipinski definition) is 12. The van der Waals surface area contributed by atoms with Crippen molar-refractivity contribution in [1.82, 2.24) is 4.98 Å². The topological polar surface area (TPSA) is 272 Å². The van der Waals surface area contributed by atoms with Crippen molar-refractivity contribution in [3.05, 3.63) is 77.2 Å². The van der Waals surface area contributed by atoms with Gasteiger partial charge in [0.15, 0.2) is 11.6 Å². The Kier molecular flexibility index (Phi) is 13.5. The molecule has 58 heavy (non-hydrogen) atoms. The van der Waals surface area contributed by atoms with Gasteiger partial charge in [-0.2, -0.15) is 0 Å². The minimum atomic E-state index is -1.66. The number of hydrogen-bond donors (Lipinski definition) is 6. The normalized spacial score (nSPS) is 18.7. The summed E-state index contributed by atoms with van der Waals surface area (Å²) in [7, 11) is 1.39. The van der Waals surface area contributed by atoms with E-state index >= 15 is 4.39 Å². The van der Waals surface area contributed by atoms with E-state index in [9.17, 15) is 44.1 Å². The average molecular weight is 827 g/mol. The molecular weight excluding hydrogens is 791 g/mol. The van der Waals surface area contributed by atoms with E-state index in [1.807, 2.05) is 0 Å². The number of fused-ring (bicyclic) bond motifs is 1. The summed E-state index contributed by atoms with van der Waals surface area (Å²) in [5.41, 5.74) is 6.19. The zero-order valence-corrected chi connectivity index (χ0v) is 31.4. The molecule has 0 bridgehead atoms. The molecule has 0 spiro atoms. The molecular formula is C38H36ClFN4O14. The monoisotopic (exact) mass is 826 g/mol. The first kappa shape index (κ1) is 42.4. The Balaban J connectivity index is 1.33. The number of halogens is 2. The Bertz CT molecular complexity index is 2260. The minimum absolute atomic E-state index is 0.0191. The molecule has 306 valence electrons. The molecule has 4 aromatic rings. The van der Waals surface area contributed by atoms with Gasteiger partial charge in [0.1, 0.15) is 23.9 Å². The van der Waals surface area contributed by atoms with Crippen LogP contribution < -0.4 is 30.6 Å². The molecule has 1 aromatic heterocycles. The number of anilines is 2. The number of ether oxygens (including phenoxy) is 5. The van der Waals surface area contributed by atoms with Crippen LogP contribution in [-0.2, 0) is 28.7 Å². The van der Waals surface area contributed by atoms with Crippen molar-refractivity contribution in [2.45, 2.75) is 38.6 Å². The highest BCUT2D eigenvalue weighted by atomic mass is 35.5. The summed E-state index contributed by atoms with van der Waals surface area (Å²) in [5.74, 6) is -9.97. The largest absolute Gasteiger partial charge is 0.496 e. The number of carbonyl (C=O) groups is 6. The highest BCUT2D eigenvalue weighted by Gasteiger charge is 2.49. The zero-order chi connectivity index (χ0) is 42.3. The van der Waals surface area contributed by atoms with Crippen LogP contribution in [0.25, 0.3) is 10.9 Å². The molecule has 1 aliphatic heterocycles. The van der Waals surface area contributed by atoms with E-state index in [0.29, 0.717) is 16.7 Å². The van der Waals surface area contributed by atoms with Crippen molar-refractivity contribution in [3.63, 3.8) is 0 Å². The molecule has 18 nitrogen and oxygen atoms in total. The number of amides is 3. The minimum Gasteiger partial charge on any atom is -0.496 e. The third-order valence-corrected chi connectivity index (χ3v) is 9.37. The lowest BCUT2D eigenvalue weighted by atomic mass is 9.71. The number of nitrogens with zero attached hydrogens (tertiary/aromatic N) is 1. The number of nitrogens with two attached hydrogens (primary N) is 1. The number of rotatable bonds is 16. The van der Waals surface area contributed by atoms with Gasteiger partial charge >= 0.3 is 29.9 Å². The number of pyridine rings is 1. The summed E-state index contributed by atoms with van der Waals surface area (Å²) < 4.78 is 43.2. The summed E-state index contributed by atoms with van der Waals surface area (Å²) in [6.07, 6.45) is -3.57. The van der Waals surface area contributed by atoms with Crippen LogP contribution in [0.1, 0.15) is 36.5 Å². The number of nitrogens with one attached hydrogen (secondary N) is 2. The summed E-state index contributed by atoms with van der Waals surface area (Å²) in [6, 6.07) is 11.3. The maximum Gasteiger partial charge on any atom is 0.323 e. The van der Waals surface area contributed by atoms with Gasteiger partial charge in [-0.3, -0.25) is 29.0 Å². The number of carboxylic acid groups (broad SMARTS) is 3. The summed E-state index contributed by atoms with van der Waals surface area (Å²) in [4.78, 5) is 76.6. The van der Waals surface area contributed by atoms with Crippen molar-refractivity contribution >= 4 is 69.7 Å². The lowest BCUT2D eigenvalue weighted by Gasteiger charge is -2.45. The van der Waals surface area contributed by atoms with Crippen molar-refractivity contribution in [1.29, 1.82) is 0 Å². The second-order valence-corrected chi connectivity index (χ2v) is 13.4. The van der Waals surface area contributed by atoms with Gasteiger partial charge in [-0.15, -0.1) is 0 Å². The van der Waals surface area contributed by atoms with Gasteiger partial charge in [0.05, 0.1) is 47.8 Å². The lowest BCUT2D eigenvalue weighted by Crippen LogP contribution is -2.53. The fourth-order valence-corrected chi connectivity index (χ4v) is 6.77. The van der Waals surface area contributed by atoms with E-state index in [0.717, 1.165) is 19.1 Å². The SMILES string of the molecule is COc1cc2nccc(Oc3ccc(NC(=O)Nc4ccc(F)c(O[C@@H]5O[C@@H](COC(C)=O)[C@@H](CC(=O)O)[C@H](CC(=O)O)[C@H]5CC(=O)O)c4)c(Cl)c3)c2cc1C(N)=O. The number of esters is 1. The van der Waals surface area contributed by atoms with Crippen molar-refractivity contribution < 1.29 is 72.2 Å². The Hall–Kier alpha value is -6.73. The van der Waals surface area contributed by atoms with Crippen LogP contribution in [0.2, 0.25) is 5.02 Å². The van der Waals surface area contributed by atoms with Gasteiger partial charge in [-0.05, 0) is 42.3 Å². The second-order valence-electron chi connectivity index (χ2n) is 13.0. The van der Waals surface area contributed by atoms with E-state index < -0.39 is 103 Å². The number of urea groups is 1. The van der Waals surface area contributed by atoms with Crippen molar-refractivity contribution in [2.24, 2.45) is 23.5 Å². The molecule has 1 fully saturated rings. The highest BCUT2D eigenvalue weighted by Crippen LogP contribution is 2.43. The molecule has 20 heteroatoms. The maximum absolute atomic E-state index is 15.2. The first-order valence-electron chi connectivity index (χ1n) is 17.2. The van der Waals surface area contributed by atoms with E-state index in [1.54, 1.807) is 6.07 Å². The maximum atomic E-state index is 15.2. The summed E-state index contributed by atoms with van der Waals surface area (Å²) in [6.45, 7) is 0.553. The van der Waals surface area contributed by atoms with Crippen LogP contribution in [0.15, 0.2) is 60.8 Å². The molecule has 0 aliphatic carbocycles. The predicted molar refractivity (Wildman–Crippen MR) is 201 cm³/mol. The first-order chi connectivity index (χ1) is 27.5. The van der Waals surface area contributed by atoms with Gasteiger partial charge in [-0.25, -0.2) is 9.18 Å². The number of methoxy groups -OCH3 is 1. The van der Waals surface area contributed by atoms with Gasteiger partial charge in [0.25, 0.3) is 5.91 Å². The number of aromatic nitrogens is 1. The molecule has 1 saturated heterocycles.